The van der Waals surface area contributed by atoms with E-state index in [-0.39, 0.29) is 5.69 Å². The van der Waals surface area contributed by atoms with Crippen LogP contribution in [0.3, 0.4) is 0 Å². The first-order valence-electron chi connectivity index (χ1n) is 10.9. The molecule has 0 spiro atoms. The molecule has 0 atom stereocenters. The maximum atomic E-state index is 13.7. The second-order valence-corrected chi connectivity index (χ2v) is 8.41. The molecule has 0 bridgehead atoms. The topological polar surface area (TPSA) is 91.9 Å². The summed E-state index contributed by atoms with van der Waals surface area (Å²) in [5.74, 6) is 1.83. The fourth-order valence-corrected chi connectivity index (χ4v) is 4.11. The van der Waals surface area contributed by atoms with Crippen molar-refractivity contribution in [2.24, 2.45) is 5.92 Å². The third-order valence-corrected chi connectivity index (χ3v) is 6.19. The molecule has 9 heteroatoms. The predicted octanol–water partition coefficient (Wildman–Crippen LogP) is 2.78. The van der Waals surface area contributed by atoms with Crippen molar-refractivity contribution >= 4 is 22.4 Å². The van der Waals surface area contributed by atoms with Gasteiger partial charge in [0.1, 0.15) is 17.0 Å². The Hall–Kier alpha value is -3.59. The molecule has 1 aliphatic heterocycles. The average molecular weight is 450 g/mol. The van der Waals surface area contributed by atoms with E-state index in [0.717, 1.165) is 42.4 Å². The molecule has 4 aromatic rings. The van der Waals surface area contributed by atoms with Crippen molar-refractivity contribution in [3.8, 4) is 11.5 Å². The van der Waals surface area contributed by atoms with Crippen LogP contribution in [0.1, 0.15) is 17.0 Å². The van der Waals surface area contributed by atoms with Gasteiger partial charge in [-0.3, -0.25) is 4.57 Å². The van der Waals surface area contributed by atoms with Crippen molar-refractivity contribution in [2.45, 2.75) is 20.4 Å². The van der Waals surface area contributed by atoms with Crippen LogP contribution in [0.5, 0.6) is 11.5 Å². The Morgan fingerprint density at radius 2 is 1.85 bits per heavy atom. The number of methoxy groups -OCH3 is 2. The second-order valence-electron chi connectivity index (χ2n) is 8.41. The Morgan fingerprint density at radius 1 is 1.12 bits per heavy atom. The molecule has 0 unspecified atom stereocenters. The molecule has 3 aromatic heterocycles. The zero-order valence-corrected chi connectivity index (χ0v) is 19.2. The Balaban J connectivity index is 1.67. The molecule has 1 aliphatic rings. The number of benzene rings is 1. The lowest BCUT2D eigenvalue weighted by Gasteiger charge is -2.26. The van der Waals surface area contributed by atoms with Crippen LogP contribution in [0.25, 0.3) is 16.7 Å². The molecule has 1 aromatic carbocycles. The molecule has 172 valence electrons. The smallest absolute Gasteiger partial charge is 0.335 e. The van der Waals surface area contributed by atoms with Crippen molar-refractivity contribution in [3.05, 3.63) is 57.9 Å². The molecule has 9 nitrogen and oxygen atoms in total. The number of ether oxygens (including phenoxy) is 3. The van der Waals surface area contributed by atoms with E-state index in [2.05, 4.69) is 10.3 Å². The van der Waals surface area contributed by atoms with Gasteiger partial charge in [0.2, 0.25) is 0 Å². The summed E-state index contributed by atoms with van der Waals surface area (Å²) in [6, 6.07) is 7.59. The normalized spacial score (nSPS) is 13.9. The quantitative estimate of drug-likeness (QED) is 0.464. The molecule has 1 N–H and O–H groups in total. The van der Waals surface area contributed by atoms with Crippen molar-refractivity contribution < 1.29 is 14.2 Å². The van der Waals surface area contributed by atoms with Crippen molar-refractivity contribution in [1.82, 2.24) is 18.9 Å². The van der Waals surface area contributed by atoms with Crippen LogP contribution < -0.4 is 20.5 Å². The van der Waals surface area contributed by atoms with Gasteiger partial charge in [0.25, 0.3) is 0 Å². The number of hydrogen-bond acceptors (Lipinski definition) is 7. The molecule has 0 radical (unpaired) electrons. The van der Waals surface area contributed by atoms with Gasteiger partial charge < -0.3 is 19.5 Å². The summed E-state index contributed by atoms with van der Waals surface area (Å²) in [5.41, 5.74) is 5.16. The summed E-state index contributed by atoms with van der Waals surface area (Å²) in [7, 11) is 3.22. The van der Waals surface area contributed by atoms with E-state index in [1.807, 2.05) is 38.1 Å². The van der Waals surface area contributed by atoms with Gasteiger partial charge in [-0.2, -0.15) is 0 Å². The molecule has 0 saturated carbocycles. The van der Waals surface area contributed by atoms with E-state index in [1.165, 1.54) is 0 Å². The van der Waals surface area contributed by atoms with Gasteiger partial charge in [0, 0.05) is 24.2 Å². The minimum atomic E-state index is -0.163. The highest BCUT2D eigenvalue weighted by Crippen LogP contribution is 2.26. The fourth-order valence-electron chi connectivity index (χ4n) is 4.11. The minimum absolute atomic E-state index is 0.163. The molecule has 1 saturated heterocycles. The van der Waals surface area contributed by atoms with Crippen LogP contribution in [0, 0.1) is 19.8 Å². The maximum absolute atomic E-state index is 13.7. The van der Waals surface area contributed by atoms with E-state index in [0.29, 0.717) is 40.6 Å². The molecule has 1 fully saturated rings. The van der Waals surface area contributed by atoms with Crippen LogP contribution in [0.15, 0.2) is 35.3 Å². The average Bonchev–Trinajstić information content (AvgIpc) is 3.09. The van der Waals surface area contributed by atoms with Gasteiger partial charge in [-0.1, -0.05) is 0 Å². The van der Waals surface area contributed by atoms with E-state index in [4.69, 9.17) is 19.2 Å². The third-order valence-electron chi connectivity index (χ3n) is 6.19. The molecule has 5 rings (SSSR count). The Kier molecular flexibility index (Phi) is 5.41. The van der Waals surface area contributed by atoms with Crippen LogP contribution in [0.4, 0.5) is 5.69 Å². The Labute approximate surface area is 190 Å². The summed E-state index contributed by atoms with van der Waals surface area (Å²) in [6.45, 7) is 6.47. The third kappa shape index (κ3) is 3.78. The maximum Gasteiger partial charge on any atom is 0.335 e. The van der Waals surface area contributed by atoms with E-state index in [1.54, 1.807) is 29.4 Å². The summed E-state index contributed by atoms with van der Waals surface area (Å²) in [4.78, 5) is 23.0. The first-order chi connectivity index (χ1) is 16.0. The van der Waals surface area contributed by atoms with Gasteiger partial charge in [0.15, 0.2) is 5.65 Å². The molecule has 33 heavy (non-hydrogen) atoms. The van der Waals surface area contributed by atoms with Crippen molar-refractivity contribution in [2.75, 3.05) is 39.3 Å². The number of fused-ring (bicyclic) bond motifs is 3. The Morgan fingerprint density at radius 3 is 2.48 bits per heavy atom. The zero-order chi connectivity index (χ0) is 23.1. The van der Waals surface area contributed by atoms with Crippen LogP contribution in [-0.2, 0) is 11.3 Å². The van der Waals surface area contributed by atoms with Gasteiger partial charge in [-0.05, 0) is 37.6 Å². The second kappa shape index (κ2) is 8.40. The number of rotatable bonds is 7. The summed E-state index contributed by atoms with van der Waals surface area (Å²) < 4.78 is 19.5. The number of aryl methyl sites for hydroxylation is 2. The van der Waals surface area contributed by atoms with Gasteiger partial charge in [-0.25, -0.2) is 19.2 Å². The summed E-state index contributed by atoms with van der Waals surface area (Å²) >= 11 is 0. The number of anilines is 1. The SMILES string of the molecule is COc1cc(Cn2c(=O)n3c(C)c(C)nc3c3ncc(NCC4COC4)cc32)cc(OC)c1. The molecular formula is C24H27N5O4. The zero-order valence-electron chi connectivity index (χ0n) is 19.2. The van der Waals surface area contributed by atoms with Crippen molar-refractivity contribution in [3.63, 3.8) is 0 Å². The first kappa shape index (κ1) is 21.3. The van der Waals surface area contributed by atoms with Crippen molar-refractivity contribution in [1.29, 1.82) is 0 Å². The predicted molar refractivity (Wildman–Crippen MR) is 126 cm³/mol. The Bertz CT molecular complexity index is 1380. The highest BCUT2D eigenvalue weighted by molar-refractivity contribution is 5.89. The number of nitrogens with one attached hydrogen (secondary N) is 1. The number of imidazole rings is 1. The number of pyridine rings is 1. The highest BCUT2D eigenvalue weighted by Gasteiger charge is 2.20. The molecular weight excluding hydrogens is 422 g/mol. The van der Waals surface area contributed by atoms with Crippen LogP contribution in [0.2, 0.25) is 0 Å². The lowest BCUT2D eigenvalue weighted by Crippen LogP contribution is -2.33. The molecule has 4 heterocycles. The van der Waals surface area contributed by atoms with Gasteiger partial charge >= 0.3 is 5.69 Å². The fraction of sp³-hybridized carbons (Fsp3) is 0.375. The standard InChI is InChI=1S/C24H27N5O4/c1-14-15(2)29-23(27-14)22-21(7-18(10-26-22)25-9-17-12-33-13-17)28(24(29)30)11-16-5-19(31-3)8-20(6-16)32-4/h5-8,10,17,25H,9,11-13H2,1-4H3. The van der Waals surface area contributed by atoms with Crippen LogP contribution >= 0.6 is 0 Å². The highest BCUT2D eigenvalue weighted by atomic mass is 16.5. The number of hydrogen-bond donors (Lipinski definition) is 1. The number of nitrogens with zero attached hydrogens (tertiary/aromatic N) is 4. The van der Waals surface area contributed by atoms with Crippen LogP contribution in [-0.4, -0.2) is 52.9 Å². The minimum Gasteiger partial charge on any atom is -0.497 e. The largest absolute Gasteiger partial charge is 0.497 e. The van der Waals surface area contributed by atoms with E-state index >= 15 is 0 Å². The number of aromatic nitrogens is 4. The van der Waals surface area contributed by atoms with E-state index in [9.17, 15) is 4.79 Å². The summed E-state index contributed by atoms with van der Waals surface area (Å²) in [6.07, 6.45) is 1.80. The van der Waals surface area contributed by atoms with Gasteiger partial charge in [0.05, 0.1) is 57.1 Å². The monoisotopic (exact) mass is 449 g/mol. The first-order valence-corrected chi connectivity index (χ1v) is 10.9. The van der Waals surface area contributed by atoms with E-state index < -0.39 is 0 Å². The molecule has 0 amide bonds. The summed E-state index contributed by atoms with van der Waals surface area (Å²) in [5, 5.41) is 3.43. The van der Waals surface area contributed by atoms with Gasteiger partial charge in [-0.15, -0.1) is 0 Å². The lowest BCUT2D eigenvalue weighted by molar-refractivity contribution is -0.0248. The molecule has 0 aliphatic carbocycles. The lowest BCUT2D eigenvalue weighted by atomic mass is 10.1.